The highest BCUT2D eigenvalue weighted by Crippen LogP contribution is 2.48. The summed E-state index contributed by atoms with van der Waals surface area (Å²) in [6, 6.07) is 11.1. The Hall–Kier alpha value is -4.77. The molecule has 1 unspecified atom stereocenters. The van der Waals surface area contributed by atoms with Crippen LogP contribution in [0, 0.1) is 5.82 Å². The van der Waals surface area contributed by atoms with E-state index >= 15 is 4.39 Å². The maximum atomic E-state index is 16.5. The van der Waals surface area contributed by atoms with Gasteiger partial charge in [0.05, 0.1) is 58.4 Å². The first kappa shape index (κ1) is 45.3. The summed E-state index contributed by atoms with van der Waals surface area (Å²) in [7, 11) is 0.655. The van der Waals surface area contributed by atoms with E-state index in [4.69, 9.17) is 14.0 Å². The van der Waals surface area contributed by atoms with Gasteiger partial charge in [-0.2, -0.15) is 0 Å². The molecular weight excluding hydrogens is 774 g/mol. The van der Waals surface area contributed by atoms with Crippen LogP contribution in [0.15, 0.2) is 48.8 Å². The Morgan fingerprint density at radius 1 is 1.07 bits per heavy atom. The minimum Gasteiger partial charge on any atom is -0.464 e. The molecule has 5 aromatic rings. The SMILES string of the molecule is CC.CCC.CCCN(Cc1ncc(-c2cc(F)c3c(c2)OC(c2cnc(C(C)(C)O)s2)n2c-3cc3cc(B4OC(C)(C)C(C)(C)O4)ccc32)[nH]1)C(=O)CNC(=O)OC. The molecular formula is C43H58BFN6O7S. The van der Waals surface area contributed by atoms with Gasteiger partial charge in [-0.3, -0.25) is 9.36 Å². The number of alkyl carbamates (subject to hydrolysis) is 1. The van der Waals surface area contributed by atoms with Crippen LogP contribution in [0.3, 0.4) is 0 Å². The lowest BCUT2D eigenvalue weighted by Gasteiger charge is -2.32. The topological polar surface area (TPSA) is 153 Å². The number of rotatable bonds is 10. The molecule has 13 nitrogen and oxygen atoms in total. The van der Waals surface area contributed by atoms with E-state index in [-0.39, 0.29) is 19.0 Å². The highest BCUT2D eigenvalue weighted by molar-refractivity contribution is 7.11. The normalized spacial score (nSPS) is 16.2. The Balaban J connectivity index is 0.00000127. The van der Waals surface area contributed by atoms with E-state index in [1.54, 1.807) is 37.2 Å². The van der Waals surface area contributed by atoms with Crippen molar-refractivity contribution in [3.8, 4) is 28.3 Å². The number of aromatic nitrogens is 4. The summed E-state index contributed by atoms with van der Waals surface area (Å²) >= 11 is 1.33. The number of methoxy groups -OCH3 is 1. The third-order valence-corrected chi connectivity index (χ3v) is 11.5. The van der Waals surface area contributed by atoms with Crippen molar-refractivity contribution in [2.24, 2.45) is 0 Å². The van der Waals surface area contributed by atoms with E-state index in [0.29, 0.717) is 52.1 Å². The van der Waals surface area contributed by atoms with Crippen molar-refractivity contribution in [3.63, 3.8) is 0 Å². The third kappa shape index (κ3) is 9.51. The number of hydrogen-bond acceptors (Lipinski definition) is 10. The predicted octanol–water partition coefficient (Wildman–Crippen LogP) is 8.30. The van der Waals surface area contributed by atoms with Gasteiger partial charge in [-0.1, -0.05) is 53.2 Å². The number of halogens is 1. The van der Waals surface area contributed by atoms with Crippen molar-refractivity contribution < 1.29 is 37.9 Å². The largest absolute Gasteiger partial charge is 0.494 e. The summed E-state index contributed by atoms with van der Waals surface area (Å²) in [5.41, 5.74) is 1.41. The van der Waals surface area contributed by atoms with Crippen molar-refractivity contribution in [2.75, 3.05) is 20.2 Å². The number of ether oxygens (including phenoxy) is 2. The number of amides is 2. The van der Waals surface area contributed by atoms with Crippen LogP contribution >= 0.6 is 11.3 Å². The third-order valence-electron chi connectivity index (χ3n) is 10.2. The Morgan fingerprint density at radius 2 is 1.75 bits per heavy atom. The summed E-state index contributed by atoms with van der Waals surface area (Å²) in [5, 5.41) is 14.5. The van der Waals surface area contributed by atoms with E-state index in [0.717, 1.165) is 21.2 Å². The molecule has 2 aliphatic rings. The minimum absolute atomic E-state index is 0.157. The number of fused-ring (bicyclic) bond motifs is 5. The van der Waals surface area contributed by atoms with Gasteiger partial charge in [-0.05, 0) is 77.7 Å². The monoisotopic (exact) mass is 832 g/mol. The number of aliphatic hydroxyl groups is 1. The van der Waals surface area contributed by atoms with Crippen molar-refractivity contribution >= 4 is 46.8 Å². The van der Waals surface area contributed by atoms with Gasteiger partial charge in [0.15, 0.2) is 0 Å². The minimum atomic E-state index is -1.17. The summed E-state index contributed by atoms with van der Waals surface area (Å²) < 4.78 is 42.4. The molecule has 59 heavy (non-hydrogen) atoms. The van der Waals surface area contributed by atoms with E-state index in [1.165, 1.54) is 30.9 Å². The van der Waals surface area contributed by atoms with E-state index < -0.39 is 42.1 Å². The van der Waals surface area contributed by atoms with Crippen molar-refractivity contribution in [1.82, 2.24) is 29.7 Å². The zero-order valence-electron chi connectivity index (χ0n) is 36.3. The van der Waals surface area contributed by atoms with Gasteiger partial charge in [0.2, 0.25) is 12.1 Å². The maximum Gasteiger partial charge on any atom is 0.494 e. The molecule has 0 saturated carbocycles. The summed E-state index contributed by atoms with van der Waals surface area (Å²) in [4.78, 5) is 38.9. The van der Waals surface area contributed by atoms with Gasteiger partial charge in [-0.25, -0.2) is 19.2 Å². The van der Waals surface area contributed by atoms with E-state index in [2.05, 4.69) is 38.9 Å². The highest BCUT2D eigenvalue weighted by Gasteiger charge is 2.51. The Morgan fingerprint density at radius 3 is 2.36 bits per heavy atom. The number of hydrogen-bond donors (Lipinski definition) is 3. The van der Waals surface area contributed by atoms with Gasteiger partial charge >= 0.3 is 13.2 Å². The Labute approximate surface area is 350 Å². The zero-order valence-corrected chi connectivity index (χ0v) is 37.1. The second kappa shape index (κ2) is 18.2. The number of carbonyl (C=O) groups is 2. The average Bonchev–Trinajstić information content (AvgIpc) is 3.99. The van der Waals surface area contributed by atoms with Crippen molar-refractivity contribution in [1.29, 1.82) is 0 Å². The number of carbonyl (C=O) groups excluding carboxylic acids is 2. The van der Waals surface area contributed by atoms with Gasteiger partial charge in [0.25, 0.3) is 0 Å². The molecule has 0 spiro atoms. The molecule has 0 bridgehead atoms. The molecule has 1 atom stereocenters. The van der Waals surface area contributed by atoms with Crippen molar-refractivity contribution in [2.45, 2.75) is 119 Å². The maximum absolute atomic E-state index is 16.5. The fraction of sp³-hybridized carbons (Fsp3) is 0.488. The molecule has 16 heteroatoms. The standard InChI is InChI=1S/C38H44BFN6O7S.C3H8.C2H6/c1-9-12-45(31(47)19-43-35(48)50-8)20-30-41-17-25(44-30)21-14-24(40)32-27-15-22-13-23(39-52-37(4,5)38(6,7)53-39)10-11-26(22)46(27)33(51-28(32)16-21)29-18-42-34(54-29)36(2,3)49;1-3-2;1-2/h10-11,13-18,33,49H,9,12,19-20H2,1-8H3,(H,41,44)(H,43,48);3H2,1-2H3;1-2H3. The van der Waals surface area contributed by atoms with Crippen LogP contribution in [0.25, 0.3) is 33.4 Å². The molecule has 3 N–H and O–H groups in total. The van der Waals surface area contributed by atoms with Crippen LogP contribution < -0.4 is 15.5 Å². The second-order valence-corrected chi connectivity index (χ2v) is 16.9. The van der Waals surface area contributed by atoms with Crippen LogP contribution in [0.4, 0.5) is 9.18 Å². The lowest BCUT2D eigenvalue weighted by atomic mass is 9.78. The highest BCUT2D eigenvalue weighted by atomic mass is 32.1. The molecule has 318 valence electrons. The number of imidazole rings is 1. The van der Waals surface area contributed by atoms with Crippen LogP contribution in [0.5, 0.6) is 5.75 Å². The summed E-state index contributed by atoms with van der Waals surface area (Å²) in [6.07, 6.45) is 3.80. The van der Waals surface area contributed by atoms with Crippen molar-refractivity contribution in [3.05, 3.63) is 70.3 Å². The molecule has 7 rings (SSSR count). The summed E-state index contributed by atoms with van der Waals surface area (Å²) in [5.74, 6) is 0.0188. The van der Waals surface area contributed by atoms with Gasteiger partial charge in [-0.15, -0.1) is 11.3 Å². The molecule has 1 fully saturated rings. The van der Waals surface area contributed by atoms with E-state index in [9.17, 15) is 14.7 Å². The van der Waals surface area contributed by atoms with Gasteiger partial charge in [0, 0.05) is 23.7 Å². The number of nitrogens with zero attached hydrogens (tertiary/aromatic N) is 4. The zero-order chi connectivity index (χ0) is 43.4. The predicted molar refractivity (Wildman–Crippen MR) is 230 cm³/mol. The lowest BCUT2D eigenvalue weighted by molar-refractivity contribution is -0.130. The molecule has 3 aromatic heterocycles. The van der Waals surface area contributed by atoms with Crippen LogP contribution in [0.2, 0.25) is 0 Å². The quantitative estimate of drug-likeness (QED) is 0.118. The second-order valence-electron chi connectivity index (χ2n) is 15.8. The summed E-state index contributed by atoms with van der Waals surface area (Å²) in [6.45, 7) is 22.0. The first-order valence-corrected chi connectivity index (χ1v) is 21.1. The molecule has 0 radical (unpaired) electrons. The molecule has 1 saturated heterocycles. The number of H-pyrrole nitrogens is 1. The van der Waals surface area contributed by atoms with Crippen LogP contribution in [-0.4, -0.2) is 80.0 Å². The number of thiazole rings is 1. The molecule has 5 heterocycles. The Kier molecular flexibility index (Phi) is 14.0. The first-order chi connectivity index (χ1) is 27.9. The molecule has 2 amide bonds. The first-order valence-electron chi connectivity index (χ1n) is 20.2. The van der Waals surface area contributed by atoms with Crippen LogP contribution in [0.1, 0.15) is 111 Å². The number of aromatic amines is 1. The average molecular weight is 833 g/mol. The molecule has 0 aliphatic carbocycles. The van der Waals surface area contributed by atoms with E-state index in [1.807, 2.05) is 77.3 Å². The fourth-order valence-corrected chi connectivity index (χ4v) is 7.55. The Bertz CT molecular complexity index is 2250. The number of benzene rings is 2. The van der Waals surface area contributed by atoms with Gasteiger partial charge in [0.1, 0.15) is 34.5 Å². The number of nitrogens with one attached hydrogen (secondary N) is 2. The molecule has 2 aliphatic heterocycles. The van der Waals surface area contributed by atoms with Crippen LogP contribution in [-0.2, 0) is 31.0 Å². The smallest absolute Gasteiger partial charge is 0.464 e. The van der Waals surface area contributed by atoms with Gasteiger partial charge < -0.3 is 39.1 Å². The molecule has 2 aromatic carbocycles. The fourth-order valence-electron chi connectivity index (χ4n) is 6.61. The lowest BCUT2D eigenvalue weighted by Crippen LogP contribution is -2.41.